The maximum atomic E-state index is 12.6. The second kappa shape index (κ2) is 6.59. The van der Waals surface area contributed by atoms with Gasteiger partial charge < -0.3 is 4.98 Å². The highest BCUT2D eigenvalue weighted by atomic mass is 16.2. The molecule has 1 heterocycles. The van der Waals surface area contributed by atoms with Gasteiger partial charge >= 0.3 is 0 Å². The molecule has 0 bridgehead atoms. The Morgan fingerprint density at radius 1 is 1.25 bits per heavy atom. The predicted molar refractivity (Wildman–Crippen MR) is 112 cm³/mol. The molecule has 2 atom stereocenters. The minimum absolute atomic E-state index is 0.0344. The SMILES string of the molecule is CC(C)(C)c1ccc(C2(C)CC2C(=O)N/N=C/c2cccc3[nH]cnc23)cc1. The van der Waals surface area contributed by atoms with E-state index in [1.165, 1.54) is 11.1 Å². The van der Waals surface area contributed by atoms with Gasteiger partial charge in [0.2, 0.25) is 5.91 Å². The first-order valence-corrected chi connectivity index (χ1v) is 9.65. The molecule has 28 heavy (non-hydrogen) atoms. The van der Waals surface area contributed by atoms with Gasteiger partial charge in [-0.1, -0.05) is 64.1 Å². The highest BCUT2D eigenvalue weighted by molar-refractivity contribution is 5.96. The maximum absolute atomic E-state index is 12.6. The molecule has 0 aliphatic heterocycles. The van der Waals surface area contributed by atoms with Gasteiger partial charge in [0.25, 0.3) is 0 Å². The Labute approximate surface area is 165 Å². The Hall–Kier alpha value is -2.95. The number of amides is 1. The molecule has 1 amide bonds. The summed E-state index contributed by atoms with van der Waals surface area (Å²) < 4.78 is 0. The van der Waals surface area contributed by atoms with E-state index in [9.17, 15) is 4.79 Å². The minimum Gasteiger partial charge on any atom is -0.345 e. The molecular weight excluding hydrogens is 348 g/mol. The van der Waals surface area contributed by atoms with Crippen LogP contribution in [0.3, 0.4) is 0 Å². The van der Waals surface area contributed by atoms with Crippen molar-refractivity contribution in [3.05, 3.63) is 65.5 Å². The van der Waals surface area contributed by atoms with Crippen molar-refractivity contribution in [2.45, 2.75) is 44.9 Å². The average Bonchev–Trinajstić information content (AvgIpc) is 3.13. The zero-order chi connectivity index (χ0) is 19.9. The Bertz CT molecular complexity index is 1040. The molecule has 3 aromatic rings. The van der Waals surface area contributed by atoms with E-state index in [0.29, 0.717) is 0 Å². The smallest absolute Gasteiger partial charge is 0.244 e. The van der Waals surface area contributed by atoms with Crippen LogP contribution in [0, 0.1) is 5.92 Å². The molecule has 2 unspecified atom stereocenters. The fourth-order valence-corrected chi connectivity index (χ4v) is 3.75. The normalized spacial score (nSPS) is 21.9. The lowest BCUT2D eigenvalue weighted by Crippen LogP contribution is -2.23. The molecule has 0 spiro atoms. The van der Waals surface area contributed by atoms with Crippen LogP contribution in [-0.2, 0) is 15.6 Å². The Kier molecular flexibility index (Phi) is 4.33. The standard InChI is InChI=1S/C23H26N4O/c1-22(2,3)16-8-10-17(11-9-16)23(4)12-18(23)21(28)27-26-13-15-6-5-7-19-20(15)25-14-24-19/h5-11,13-14,18H,12H2,1-4H3,(H,24,25)(H,27,28)/b26-13+. The van der Waals surface area contributed by atoms with Crippen LogP contribution in [0.15, 0.2) is 53.9 Å². The third-order valence-corrected chi connectivity index (χ3v) is 5.82. The average molecular weight is 374 g/mol. The summed E-state index contributed by atoms with van der Waals surface area (Å²) in [4.78, 5) is 19.9. The van der Waals surface area contributed by atoms with Crippen molar-refractivity contribution in [3.63, 3.8) is 0 Å². The van der Waals surface area contributed by atoms with Crippen molar-refractivity contribution < 1.29 is 4.79 Å². The first kappa shape index (κ1) is 18.4. The Morgan fingerprint density at radius 3 is 2.71 bits per heavy atom. The number of para-hydroxylation sites is 1. The summed E-state index contributed by atoms with van der Waals surface area (Å²) in [5.74, 6) is -0.0841. The van der Waals surface area contributed by atoms with E-state index < -0.39 is 0 Å². The zero-order valence-electron chi connectivity index (χ0n) is 16.8. The Balaban J connectivity index is 1.42. The lowest BCUT2D eigenvalue weighted by Gasteiger charge is -2.20. The molecule has 0 saturated heterocycles. The number of nitrogens with zero attached hydrogens (tertiary/aromatic N) is 2. The van der Waals surface area contributed by atoms with Crippen LogP contribution in [-0.4, -0.2) is 22.1 Å². The van der Waals surface area contributed by atoms with Crippen molar-refractivity contribution >= 4 is 23.2 Å². The molecule has 2 N–H and O–H groups in total. The Morgan fingerprint density at radius 2 is 2.00 bits per heavy atom. The lowest BCUT2D eigenvalue weighted by molar-refractivity contribution is -0.122. The predicted octanol–water partition coefficient (Wildman–Crippen LogP) is 4.29. The van der Waals surface area contributed by atoms with Gasteiger partial charge in [0.05, 0.1) is 29.5 Å². The molecule has 144 valence electrons. The fraction of sp³-hybridized carbons (Fsp3) is 0.348. The number of benzene rings is 2. The number of H-pyrrole nitrogens is 1. The summed E-state index contributed by atoms with van der Waals surface area (Å²) in [6.07, 6.45) is 4.15. The summed E-state index contributed by atoms with van der Waals surface area (Å²) in [6, 6.07) is 14.5. The van der Waals surface area contributed by atoms with Gasteiger partial charge in [0.15, 0.2) is 0 Å². The largest absolute Gasteiger partial charge is 0.345 e. The number of rotatable bonds is 4. The van der Waals surface area contributed by atoms with Crippen LogP contribution in [0.1, 0.15) is 50.8 Å². The third kappa shape index (κ3) is 3.33. The summed E-state index contributed by atoms with van der Waals surface area (Å²) in [5.41, 5.74) is 7.90. The van der Waals surface area contributed by atoms with E-state index >= 15 is 0 Å². The first-order valence-electron chi connectivity index (χ1n) is 9.65. The molecule has 1 aliphatic carbocycles. The second-order valence-electron chi connectivity index (χ2n) is 8.88. The molecule has 5 nitrogen and oxygen atoms in total. The summed E-state index contributed by atoms with van der Waals surface area (Å²) in [7, 11) is 0. The monoisotopic (exact) mass is 374 g/mol. The van der Waals surface area contributed by atoms with Gasteiger partial charge in [-0.25, -0.2) is 10.4 Å². The number of imidazole rings is 1. The number of carbonyl (C=O) groups is 1. The molecule has 0 radical (unpaired) electrons. The van der Waals surface area contributed by atoms with E-state index in [1.807, 2.05) is 18.2 Å². The van der Waals surface area contributed by atoms with Crippen molar-refractivity contribution in [1.82, 2.24) is 15.4 Å². The topological polar surface area (TPSA) is 70.1 Å². The van der Waals surface area contributed by atoms with Gasteiger partial charge in [-0.05, 0) is 29.0 Å². The molecule has 1 saturated carbocycles. The second-order valence-corrected chi connectivity index (χ2v) is 8.88. The quantitative estimate of drug-likeness (QED) is 0.528. The number of hydrogen-bond acceptors (Lipinski definition) is 3. The number of fused-ring (bicyclic) bond motifs is 1. The van der Waals surface area contributed by atoms with Gasteiger partial charge in [0.1, 0.15) is 0 Å². The number of nitrogens with one attached hydrogen (secondary N) is 2. The lowest BCUT2D eigenvalue weighted by atomic mass is 9.85. The van der Waals surface area contributed by atoms with Gasteiger partial charge in [-0.2, -0.15) is 5.10 Å². The van der Waals surface area contributed by atoms with Gasteiger partial charge in [0, 0.05) is 11.0 Å². The molecule has 1 aliphatic rings. The number of aromatic amines is 1. The molecule has 4 rings (SSSR count). The fourth-order valence-electron chi connectivity index (χ4n) is 3.75. The molecule has 2 aromatic carbocycles. The summed E-state index contributed by atoms with van der Waals surface area (Å²) in [5, 5.41) is 4.16. The van der Waals surface area contributed by atoms with Gasteiger partial charge in [-0.15, -0.1) is 0 Å². The summed E-state index contributed by atoms with van der Waals surface area (Å²) in [6.45, 7) is 8.77. The van der Waals surface area contributed by atoms with E-state index in [4.69, 9.17) is 0 Å². The van der Waals surface area contributed by atoms with E-state index in [2.05, 4.69) is 72.5 Å². The van der Waals surface area contributed by atoms with Crippen LogP contribution in [0.4, 0.5) is 0 Å². The highest BCUT2D eigenvalue weighted by Crippen LogP contribution is 2.54. The number of carbonyl (C=O) groups excluding carboxylic acids is 1. The van der Waals surface area contributed by atoms with E-state index in [-0.39, 0.29) is 22.7 Å². The van der Waals surface area contributed by atoms with Crippen LogP contribution in [0.5, 0.6) is 0 Å². The molecule has 5 heteroatoms. The number of aromatic nitrogens is 2. The maximum Gasteiger partial charge on any atom is 0.244 e. The number of hydrogen-bond donors (Lipinski definition) is 2. The molecule has 1 fully saturated rings. The van der Waals surface area contributed by atoms with Crippen molar-refractivity contribution in [3.8, 4) is 0 Å². The van der Waals surface area contributed by atoms with Crippen molar-refractivity contribution in [2.24, 2.45) is 11.0 Å². The number of hydrazone groups is 1. The zero-order valence-corrected chi connectivity index (χ0v) is 16.8. The van der Waals surface area contributed by atoms with Crippen molar-refractivity contribution in [2.75, 3.05) is 0 Å². The summed E-state index contributed by atoms with van der Waals surface area (Å²) >= 11 is 0. The first-order chi connectivity index (χ1) is 13.3. The van der Waals surface area contributed by atoms with Crippen LogP contribution >= 0.6 is 0 Å². The molecular formula is C23H26N4O. The third-order valence-electron chi connectivity index (χ3n) is 5.82. The molecule has 1 aromatic heterocycles. The van der Waals surface area contributed by atoms with Crippen molar-refractivity contribution in [1.29, 1.82) is 0 Å². The van der Waals surface area contributed by atoms with Crippen LogP contribution in [0.25, 0.3) is 11.0 Å². The van der Waals surface area contributed by atoms with Gasteiger partial charge in [-0.3, -0.25) is 4.79 Å². The van der Waals surface area contributed by atoms with Crippen LogP contribution < -0.4 is 5.43 Å². The van der Waals surface area contributed by atoms with E-state index in [0.717, 1.165) is 23.0 Å². The minimum atomic E-state index is -0.113. The van der Waals surface area contributed by atoms with Crippen LogP contribution in [0.2, 0.25) is 0 Å². The highest BCUT2D eigenvalue weighted by Gasteiger charge is 2.55. The van der Waals surface area contributed by atoms with E-state index in [1.54, 1.807) is 12.5 Å².